The van der Waals surface area contributed by atoms with Gasteiger partial charge in [-0.2, -0.15) is 5.26 Å². The average molecular weight is 652 g/mol. The number of carbonyl (C=O) groups excluding carboxylic acids is 1. The molecule has 0 spiro atoms. The van der Waals surface area contributed by atoms with Gasteiger partial charge in [0.1, 0.15) is 23.1 Å². The fraction of sp³-hybridized carbons (Fsp3) is 0.462. The van der Waals surface area contributed by atoms with Crippen LogP contribution in [0.3, 0.4) is 0 Å². The number of ether oxygens (including phenoxy) is 2. The van der Waals surface area contributed by atoms with Crippen LogP contribution in [0.4, 0.5) is 5.69 Å². The molecule has 0 bridgehead atoms. The molecule has 1 amide bonds. The molecule has 2 saturated heterocycles. The lowest BCUT2D eigenvalue weighted by Crippen LogP contribution is -2.46. The smallest absolute Gasteiger partial charge is 0.264 e. The van der Waals surface area contributed by atoms with Crippen LogP contribution in [0.5, 0.6) is 11.5 Å². The van der Waals surface area contributed by atoms with Crippen molar-refractivity contribution in [1.29, 1.82) is 5.26 Å². The van der Waals surface area contributed by atoms with E-state index in [9.17, 15) is 14.9 Å². The van der Waals surface area contributed by atoms with E-state index in [2.05, 4.69) is 40.1 Å². The van der Waals surface area contributed by atoms with Crippen LogP contribution in [0.2, 0.25) is 0 Å². The Hall–Kier alpha value is -4.55. The van der Waals surface area contributed by atoms with Crippen LogP contribution in [-0.2, 0) is 18.4 Å². The van der Waals surface area contributed by atoms with Crippen LogP contribution in [0.15, 0.2) is 59.0 Å². The first-order chi connectivity index (χ1) is 22.8. The Bertz CT molecular complexity index is 1780. The van der Waals surface area contributed by atoms with E-state index in [1.165, 1.54) is 0 Å². The van der Waals surface area contributed by atoms with E-state index >= 15 is 0 Å². The molecule has 1 unspecified atom stereocenters. The summed E-state index contributed by atoms with van der Waals surface area (Å²) in [7, 11) is 5.15. The molecule has 3 heterocycles. The van der Waals surface area contributed by atoms with Crippen LogP contribution < -0.4 is 19.9 Å². The van der Waals surface area contributed by atoms with Gasteiger partial charge < -0.3 is 23.8 Å². The number of hydrogen-bond donors (Lipinski definition) is 0. The lowest BCUT2D eigenvalue weighted by molar-refractivity contribution is -0.127. The summed E-state index contributed by atoms with van der Waals surface area (Å²) < 4.78 is 13.4. The van der Waals surface area contributed by atoms with Crippen molar-refractivity contribution >= 4 is 11.6 Å². The highest BCUT2D eigenvalue weighted by Crippen LogP contribution is 2.38. The van der Waals surface area contributed by atoms with Gasteiger partial charge in [-0.05, 0) is 73.1 Å². The molecule has 254 valence electrons. The Morgan fingerprint density at radius 2 is 1.67 bits per heavy atom. The molecule has 0 N–H and O–H groups in total. The van der Waals surface area contributed by atoms with Crippen LogP contribution in [0.25, 0.3) is 11.1 Å². The zero-order valence-electron chi connectivity index (χ0n) is 29.7. The van der Waals surface area contributed by atoms with Crippen molar-refractivity contribution in [1.82, 2.24) is 14.4 Å². The first-order valence-electron chi connectivity index (χ1n) is 16.8. The van der Waals surface area contributed by atoms with Crippen molar-refractivity contribution in [3.63, 3.8) is 0 Å². The van der Waals surface area contributed by atoms with E-state index in [0.717, 1.165) is 89.6 Å². The van der Waals surface area contributed by atoms with E-state index in [-0.39, 0.29) is 28.5 Å². The monoisotopic (exact) mass is 651 g/mol. The lowest BCUT2D eigenvalue weighted by atomic mass is 9.93. The van der Waals surface area contributed by atoms with Crippen LogP contribution >= 0.6 is 0 Å². The number of allylic oxidation sites excluding steroid dienone is 1. The topological polar surface area (TPSA) is 91.0 Å². The van der Waals surface area contributed by atoms with E-state index in [1.54, 1.807) is 31.9 Å². The van der Waals surface area contributed by atoms with Crippen molar-refractivity contribution < 1.29 is 14.3 Å². The summed E-state index contributed by atoms with van der Waals surface area (Å²) in [6.45, 7) is 14.7. The molecular weight excluding hydrogens is 602 g/mol. The number of amides is 1. The number of carbonyl (C=O) groups is 1. The number of benzene rings is 2. The SMILES string of the molecule is COc1cc(-c2cn(C)c(=O)c(C)c2C)cc(OC)c1CN1CCN(c2cccc(C3CCCN3C(=O)/C(C#N)=C\C(C)(C)C)c2)CC1. The molecule has 0 radical (unpaired) electrons. The highest BCUT2D eigenvalue weighted by atomic mass is 16.5. The van der Waals surface area contributed by atoms with Crippen molar-refractivity contribution in [3.8, 4) is 28.7 Å². The molecule has 3 aromatic rings. The molecule has 9 heteroatoms. The Balaban J connectivity index is 1.30. The summed E-state index contributed by atoms with van der Waals surface area (Å²) >= 11 is 0. The predicted octanol–water partition coefficient (Wildman–Crippen LogP) is 6.17. The summed E-state index contributed by atoms with van der Waals surface area (Å²) in [6, 6.07) is 14.8. The van der Waals surface area contributed by atoms with Crippen LogP contribution in [-0.4, -0.2) is 67.2 Å². The fourth-order valence-electron chi connectivity index (χ4n) is 6.96. The Morgan fingerprint density at radius 1 is 1.00 bits per heavy atom. The number of anilines is 1. The molecule has 5 rings (SSSR count). The minimum atomic E-state index is -0.250. The van der Waals surface area contributed by atoms with E-state index in [0.29, 0.717) is 13.1 Å². The molecule has 0 aliphatic carbocycles. The average Bonchev–Trinajstić information content (AvgIpc) is 3.58. The summed E-state index contributed by atoms with van der Waals surface area (Å²) in [5, 5.41) is 9.76. The third-order valence-electron chi connectivity index (χ3n) is 9.67. The van der Waals surface area contributed by atoms with Crippen LogP contribution in [0.1, 0.15) is 61.9 Å². The van der Waals surface area contributed by atoms with Gasteiger partial charge in [0.05, 0.1) is 25.8 Å². The van der Waals surface area contributed by atoms with E-state index in [4.69, 9.17) is 9.47 Å². The number of aryl methyl sites for hydroxylation is 1. The van der Waals surface area contributed by atoms with Gasteiger partial charge in [-0.1, -0.05) is 39.0 Å². The van der Waals surface area contributed by atoms with E-state index in [1.807, 2.05) is 57.8 Å². The molecule has 0 saturated carbocycles. The molecule has 2 aliphatic heterocycles. The van der Waals surface area contributed by atoms with Gasteiger partial charge in [0, 0.05) is 69.3 Å². The van der Waals surface area contributed by atoms with Crippen LogP contribution in [0, 0.1) is 30.6 Å². The Kier molecular flexibility index (Phi) is 10.4. The van der Waals surface area contributed by atoms with Gasteiger partial charge in [0.25, 0.3) is 11.5 Å². The molecule has 9 nitrogen and oxygen atoms in total. The zero-order valence-corrected chi connectivity index (χ0v) is 29.7. The summed E-state index contributed by atoms with van der Waals surface area (Å²) in [6.07, 6.45) is 5.48. The van der Waals surface area contributed by atoms with Crippen molar-refractivity contribution in [2.24, 2.45) is 12.5 Å². The molecular formula is C39H49N5O4. The number of rotatable bonds is 8. The highest BCUT2D eigenvalue weighted by molar-refractivity contribution is 5.97. The maximum absolute atomic E-state index is 13.4. The lowest BCUT2D eigenvalue weighted by Gasteiger charge is -2.37. The van der Waals surface area contributed by atoms with E-state index < -0.39 is 0 Å². The molecule has 1 aromatic heterocycles. The largest absolute Gasteiger partial charge is 0.496 e. The minimum Gasteiger partial charge on any atom is -0.496 e. The second-order valence-corrected chi connectivity index (χ2v) is 14.1. The van der Waals surface area contributed by atoms with Crippen molar-refractivity contribution in [2.45, 2.75) is 60.0 Å². The maximum Gasteiger partial charge on any atom is 0.264 e. The van der Waals surface area contributed by atoms with Gasteiger partial charge in [-0.3, -0.25) is 14.5 Å². The molecule has 1 atom stereocenters. The number of nitriles is 1. The quantitative estimate of drug-likeness (QED) is 0.213. The normalized spacial score (nSPS) is 17.4. The van der Waals surface area contributed by atoms with Crippen molar-refractivity contribution in [3.05, 3.63) is 86.9 Å². The fourth-order valence-corrected chi connectivity index (χ4v) is 6.96. The number of aromatic nitrogens is 1. The molecule has 2 fully saturated rings. The third kappa shape index (κ3) is 7.29. The molecule has 48 heavy (non-hydrogen) atoms. The van der Waals surface area contributed by atoms with Gasteiger partial charge in [-0.15, -0.1) is 0 Å². The van der Waals surface area contributed by atoms with Crippen molar-refractivity contribution in [2.75, 3.05) is 51.8 Å². The third-order valence-corrected chi connectivity index (χ3v) is 9.67. The molecule has 2 aliphatic rings. The Morgan fingerprint density at radius 3 is 2.27 bits per heavy atom. The number of pyridine rings is 1. The van der Waals surface area contributed by atoms with Gasteiger partial charge in [0.15, 0.2) is 0 Å². The zero-order chi connectivity index (χ0) is 34.7. The maximum atomic E-state index is 13.4. The van der Waals surface area contributed by atoms with Gasteiger partial charge in [-0.25, -0.2) is 0 Å². The first kappa shape index (κ1) is 34.8. The number of piperazine rings is 1. The number of hydrogen-bond acceptors (Lipinski definition) is 7. The Labute approximate surface area is 285 Å². The minimum absolute atomic E-state index is 0.00602. The summed E-state index contributed by atoms with van der Waals surface area (Å²) in [5.41, 5.74) is 6.86. The van der Waals surface area contributed by atoms with Gasteiger partial charge >= 0.3 is 0 Å². The second kappa shape index (κ2) is 14.3. The predicted molar refractivity (Wildman–Crippen MR) is 190 cm³/mol. The number of methoxy groups -OCH3 is 2. The molecule has 2 aromatic carbocycles. The number of nitrogens with zero attached hydrogens (tertiary/aromatic N) is 5. The number of likely N-dealkylation sites (tertiary alicyclic amines) is 1. The second-order valence-electron chi connectivity index (χ2n) is 14.1. The first-order valence-corrected chi connectivity index (χ1v) is 16.8. The standard InChI is InChI=1S/C39H49N5O4/c1-26-27(2)37(45)41(6)24-32(26)29-20-35(47-7)33(36(21-29)48-8)25-42-15-17-43(18-16-42)31-12-9-11-28(19-31)34-13-10-14-44(34)38(46)30(23-40)22-39(3,4)5/h9,11-12,19-22,24,34H,10,13-18,25H2,1-8H3/b30-22-. The highest BCUT2D eigenvalue weighted by Gasteiger charge is 2.33. The summed E-state index contributed by atoms with van der Waals surface area (Å²) in [4.78, 5) is 32.6. The summed E-state index contributed by atoms with van der Waals surface area (Å²) in [5.74, 6) is 1.35. The van der Waals surface area contributed by atoms with Gasteiger partial charge in [0.2, 0.25) is 0 Å².